The number of nitrogens with zero attached hydrogens (tertiary/aromatic N) is 1. The average molecular weight is 246 g/mol. The van der Waals surface area contributed by atoms with Crippen LogP contribution in [0.4, 0.5) is 9.18 Å². The van der Waals surface area contributed by atoms with Gasteiger partial charge in [-0.25, -0.2) is 9.18 Å². The van der Waals surface area contributed by atoms with Gasteiger partial charge in [-0.2, -0.15) is 0 Å². The van der Waals surface area contributed by atoms with Gasteiger partial charge in [0, 0.05) is 18.5 Å². The molecule has 2 N–H and O–H groups in total. The van der Waals surface area contributed by atoms with Crippen molar-refractivity contribution < 1.29 is 13.9 Å². The zero-order chi connectivity index (χ0) is 13.3. The molecule has 17 heavy (non-hydrogen) atoms. The zero-order valence-corrected chi connectivity index (χ0v) is 11.1. The fourth-order valence-electron chi connectivity index (χ4n) is 1.77. The second kappa shape index (κ2) is 4.80. The van der Waals surface area contributed by atoms with Crippen LogP contribution in [0, 0.1) is 5.41 Å². The maximum Gasteiger partial charge on any atom is 0.410 e. The number of likely N-dealkylation sites (tertiary alicyclic amines) is 1. The van der Waals surface area contributed by atoms with E-state index in [1.807, 2.05) is 6.92 Å². The van der Waals surface area contributed by atoms with Crippen molar-refractivity contribution in [2.24, 2.45) is 11.1 Å². The molecule has 0 saturated carbocycles. The summed E-state index contributed by atoms with van der Waals surface area (Å²) >= 11 is 0. The molecule has 2 atom stereocenters. The number of ether oxygens (including phenoxy) is 1. The van der Waals surface area contributed by atoms with E-state index in [0.717, 1.165) is 0 Å². The summed E-state index contributed by atoms with van der Waals surface area (Å²) in [5.41, 5.74) is 4.52. The Morgan fingerprint density at radius 2 is 2.18 bits per heavy atom. The molecule has 5 heteroatoms. The summed E-state index contributed by atoms with van der Waals surface area (Å²) in [6.07, 6.45) is -0.961. The third-order valence-electron chi connectivity index (χ3n) is 3.21. The molecule has 1 heterocycles. The number of rotatable bonds is 1. The lowest BCUT2D eigenvalue weighted by Crippen LogP contribution is -2.53. The van der Waals surface area contributed by atoms with Crippen LogP contribution in [0.1, 0.15) is 34.1 Å². The zero-order valence-electron chi connectivity index (χ0n) is 11.1. The predicted octanol–water partition coefficient (Wildman–Crippen LogP) is 1.93. The van der Waals surface area contributed by atoms with Crippen molar-refractivity contribution in [3.8, 4) is 0 Å². The molecule has 0 bridgehead atoms. The van der Waals surface area contributed by atoms with Gasteiger partial charge in [-0.1, -0.05) is 6.92 Å². The lowest BCUT2D eigenvalue weighted by Gasteiger charge is -2.41. The van der Waals surface area contributed by atoms with Crippen molar-refractivity contribution in [1.29, 1.82) is 0 Å². The Balaban J connectivity index is 2.58. The van der Waals surface area contributed by atoms with E-state index in [1.54, 1.807) is 20.8 Å². The molecule has 1 aliphatic rings. The minimum Gasteiger partial charge on any atom is -0.444 e. The van der Waals surface area contributed by atoms with Crippen molar-refractivity contribution in [3.63, 3.8) is 0 Å². The quantitative estimate of drug-likeness (QED) is 0.769. The standard InChI is InChI=1S/C12H23FN2O2/c1-11(2,3)17-10(16)15-6-5-12(4,8-14)9(13)7-15/h9H,5-8,14H2,1-4H3/t9-,12-/m0/s1. The minimum atomic E-state index is -1.09. The van der Waals surface area contributed by atoms with Crippen LogP contribution in [0.5, 0.6) is 0 Å². The smallest absolute Gasteiger partial charge is 0.410 e. The molecule has 1 saturated heterocycles. The summed E-state index contributed by atoms with van der Waals surface area (Å²) in [5, 5.41) is 0. The van der Waals surface area contributed by atoms with Crippen LogP contribution < -0.4 is 5.73 Å². The van der Waals surface area contributed by atoms with Crippen molar-refractivity contribution in [2.45, 2.75) is 45.9 Å². The molecule has 1 fully saturated rings. The first-order valence-electron chi connectivity index (χ1n) is 6.00. The molecule has 0 radical (unpaired) electrons. The molecule has 0 spiro atoms. The van der Waals surface area contributed by atoms with Crippen molar-refractivity contribution >= 4 is 6.09 Å². The van der Waals surface area contributed by atoms with E-state index in [9.17, 15) is 9.18 Å². The van der Waals surface area contributed by atoms with Crippen molar-refractivity contribution in [2.75, 3.05) is 19.6 Å². The topological polar surface area (TPSA) is 55.6 Å². The average Bonchev–Trinajstić information content (AvgIpc) is 2.19. The summed E-state index contributed by atoms with van der Waals surface area (Å²) in [4.78, 5) is 13.2. The molecule has 1 amide bonds. The highest BCUT2D eigenvalue weighted by Gasteiger charge is 2.40. The highest BCUT2D eigenvalue weighted by molar-refractivity contribution is 5.68. The minimum absolute atomic E-state index is 0.0720. The van der Waals surface area contributed by atoms with Gasteiger partial charge in [-0.05, 0) is 27.2 Å². The van der Waals surface area contributed by atoms with E-state index in [1.165, 1.54) is 4.90 Å². The van der Waals surface area contributed by atoms with Crippen LogP contribution in [-0.2, 0) is 4.74 Å². The lowest BCUT2D eigenvalue weighted by molar-refractivity contribution is -0.0120. The van der Waals surface area contributed by atoms with Gasteiger partial charge < -0.3 is 15.4 Å². The van der Waals surface area contributed by atoms with Crippen LogP contribution in [-0.4, -0.2) is 42.4 Å². The fourth-order valence-corrected chi connectivity index (χ4v) is 1.77. The number of hydrogen-bond acceptors (Lipinski definition) is 3. The van der Waals surface area contributed by atoms with E-state index in [2.05, 4.69) is 0 Å². The Labute approximate surface area is 102 Å². The molecule has 100 valence electrons. The Morgan fingerprint density at radius 3 is 2.59 bits per heavy atom. The van der Waals surface area contributed by atoms with Gasteiger partial charge in [0.15, 0.2) is 0 Å². The van der Waals surface area contributed by atoms with Crippen LogP contribution in [0.2, 0.25) is 0 Å². The Hall–Kier alpha value is -0.840. The summed E-state index contributed by atoms with van der Waals surface area (Å²) in [7, 11) is 0. The third-order valence-corrected chi connectivity index (χ3v) is 3.21. The molecule has 0 aromatic heterocycles. The summed E-state index contributed by atoms with van der Waals surface area (Å²) in [6.45, 7) is 8.09. The molecule has 0 unspecified atom stereocenters. The van der Waals surface area contributed by atoms with Crippen LogP contribution in [0.3, 0.4) is 0 Å². The van der Waals surface area contributed by atoms with E-state index < -0.39 is 23.3 Å². The molecular weight excluding hydrogens is 223 g/mol. The van der Waals surface area contributed by atoms with Crippen LogP contribution in [0.25, 0.3) is 0 Å². The first-order valence-corrected chi connectivity index (χ1v) is 6.00. The van der Waals surface area contributed by atoms with Crippen molar-refractivity contribution in [1.82, 2.24) is 4.90 Å². The summed E-state index contributed by atoms with van der Waals surface area (Å²) in [5.74, 6) is 0. The maximum absolute atomic E-state index is 13.9. The second-order valence-corrected chi connectivity index (χ2v) is 6.00. The number of carbonyl (C=O) groups excluding carboxylic acids is 1. The SMILES string of the molecule is CC(C)(C)OC(=O)N1CC[C@@](C)(CN)[C@@H](F)C1. The highest BCUT2D eigenvalue weighted by Crippen LogP contribution is 2.32. The molecular formula is C12H23FN2O2. The van der Waals surface area contributed by atoms with E-state index in [0.29, 0.717) is 19.5 Å². The number of piperidine rings is 1. The molecule has 0 aliphatic carbocycles. The van der Waals surface area contributed by atoms with E-state index in [4.69, 9.17) is 10.5 Å². The van der Waals surface area contributed by atoms with Gasteiger partial charge in [0.2, 0.25) is 0 Å². The number of hydrogen-bond donors (Lipinski definition) is 1. The second-order valence-electron chi connectivity index (χ2n) is 6.00. The highest BCUT2D eigenvalue weighted by atomic mass is 19.1. The summed E-state index contributed by atoms with van der Waals surface area (Å²) < 4.78 is 19.2. The number of amides is 1. The Kier molecular flexibility index (Phi) is 4.02. The Bertz CT molecular complexity index is 291. The number of halogens is 1. The first kappa shape index (κ1) is 14.2. The van der Waals surface area contributed by atoms with E-state index in [-0.39, 0.29) is 6.54 Å². The monoisotopic (exact) mass is 246 g/mol. The molecule has 4 nitrogen and oxygen atoms in total. The maximum atomic E-state index is 13.9. The van der Waals surface area contributed by atoms with E-state index >= 15 is 0 Å². The molecule has 0 aromatic rings. The predicted molar refractivity (Wildman–Crippen MR) is 64.5 cm³/mol. The van der Waals surface area contributed by atoms with Gasteiger partial charge in [0.05, 0.1) is 6.54 Å². The molecule has 0 aromatic carbocycles. The normalized spacial score (nSPS) is 30.2. The van der Waals surface area contributed by atoms with Gasteiger partial charge in [-0.3, -0.25) is 0 Å². The fraction of sp³-hybridized carbons (Fsp3) is 0.917. The largest absolute Gasteiger partial charge is 0.444 e. The Morgan fingerprint density at radius 1 is 1.59 bits per heavy atom. The number of alkyl halides is 1. The summed E-state index contributed by atoms with van der Waals surface area (Å²) in [6, 6.07) is 0. The molecule has 1 rings (SSSR count). The van der Waals surface area contributed by atoms with Gasteiger partial charge >= 0.3 is 6.09 Å². The number of carbonyl (C=O) groups is 1. The van der Waals surface area contributed by atoms with Crippen LogP contribution >= 0.6 is 0 Å². The first-order chi connectivity index (χ1) is 7.68. The van der Waals surface area contributed by atoms with Gasteiger partial charge in [-0.15, -0.1) is 0 Å². The third kappa shape index (κ3) is 3.56. The molecule has 1 aliphatic heterocycles. The van der Waals surface area contributed by atoms with Crippen LogP contribution in [0.15, 0.2) is 0 Å². The van der Waals surface area contributed by atoms with Gasteiger partial charge in [0.25, 0.3) is 0 Å². The lowest BCUT2D eigenvalue weighted by atomic mass is 9.79. The van der Waals surface area contributed by atoms with Gasteiger partial charge in [0.1, 0.15) is 11.8 Å². The number of nitrogens with two attached hydrogens (primary N) is 1. The van der Waals surface area contributed by atoms with Crippen molar-refractivity contribution in [3.05, 3.63) is 0 Å².